The van der Waals surface area contributed by atoms with Crippen LogP contribution in [0.3, 0.4) is 0 Å². The maximum atomic E-state index is 10.3. The molecule has 1 unspecified atom stereocenters. The van der Waals surface area contributed by atoms with Gasteiger partial charge in [0.05, 0.1) is 6.61 Å². The van der Waals surface area contributed by atoms with Crippen LogP contribution < -0.4 is 11.1 Å². The Bertz CT molecular complexity index is 619. The second-order valence-corrected chi connectivity index (χ2v) is 6.94. The number of hydrogen-bond acceptors (Lipinski definition) is 10. The second-order valence-electron chi connectivity index (χ2n) is 6.94. The molecule has 4 aliphatic rings. The fraction of sp³-hybridized carbons (Fsp3) is 0.800. The van der Waals surface area contributed by atoms with E-state index in [9.17, 15) is 15.3 Å². The normalized spacial score (nSPS) is 41.2. The van der Waals surface area contributed by atoms with Crippen LogP contribution in [0.2, 0.25) is 0 Å². The lowest BCUT2D eigenvalue weighted by molar-refractivity contribution is -0.0688. The standard InChI is InChI=1S/C15H24N6O4/c16-15(20-8-3-1-2-4-8)12-13(17-6-19-15)21(7-18-12)14-11(24)10(23)9(5-22)25-14/h6,8-11,14,20,22-24H,1-5,7,16H2/t9-,10-,11-,14-,15?/m1/s1. The van der Waals surface area contributed by atoms with Gasteiger partial charge in [-0.3, -0.25) is 16.0 Å². The number of nitrogens with two attached hydrogens (primary N) is 1. The maximum Gasteiger partial charge on any atom is 0.211 e. The van der Waals surface area contributed by atoms with Crippen LogP contribution in [0, 0.1) is 0 Å². The van der Waals surface area contributed by atoms with Gasteiger partial charge in [0, 0.05) is 6.04 Å². The third-order valence-corrected chi connectivity index (χ3v) is 5.27. The van der Waals surface area contributed by atoms with Gasteiger partial charge >= 0.3 is 0 Å². The molecule has 6 N–H and O–H groups in total. The molecule has 0 aromatic rings. The molecule has 10 nitrogen and oxygen atoms in total. The first-order valence-corrected chi connectivity index (χ1v) is 8.66. The van der Waals surface area contributed by atoms with Crippen molar-refractivity contribution in [1.82, 2.24) is 10.2 Å². The Morgan fingerprint density at radius 3 is 2.76 bits per heavy atom. The Morgan fingerprint density at radius 1 is 1.32 bits per heavy atom. The highest BCUT2D eigenvalue weighted by atomic mass is 16.6. The number of rotatable bonds is 4. The van der Waals surface area contributed by atoms with E-state index in [0.717, 1.165) is 12.8 Å². The van der Waals surface area contributed by atoms with Crippen LogP contribution >= 0.6 is 0 Å². The van der Waals surface area contributed by atoms with Crippen molar-refractivity contribution < 1.29 is 20.1 Å². The number of aliphatic hydroxyl groups is 3. The number of fused-ring (bicyclic) bond motifs is 1. The zero-order chi connectivity index (χ0) is 17.6. The summed E-state index contributed by atoms with van der Waals surface area (Å²) in [5, 5.41) is 32.9. The van der Waals surface area contributed by atoms with Crippen molar-refractivity contribution in [2.24, 2.45) is 20.7 Å². The minimum atomic E-state index is -1.18. The van der Waals surface area contributed by atoms with Crippen molar-refractivity contribution in [2.45, 2.75) is 62.1 Å². The summed E-state index contributed by atoms with van der Waals surface area (Å²) in [6.45, 7) is -0.191. The molecule has 0 bridgehead atoms. The van der Waals surface area contributed by atoms with Gasteiger partial charge in [-0.05, 0) is 12.8 Å². The summed E-state index contributed by atoms with van der Waals surface area (Å²) in [4.78, 5) is 14.7. The van der Waals surface area contributed by atoms with Crippen LogP contribution in [0.4, 0.5) is 0 Å². The van der Waals surface area contributed by atoms with Gasteiger partial charge in [0.1, 0.15) is 37.0 Å². The molecule has 138 valence electrons. The molecule has 10 heteroatoms. The van der Waals surface area contributed by atoms with Gasteiger partial charge in [0.15, 0.2) is 12.1 Å². The molecule has 25 heavy (non-hydrogen) atoms. The third-order valence-electron chi connectivity index (χ3n) is 5.27. The van der Waals surface area contributed by atoms with Crippen molar-refractivity contribution in [1.29, 1.82) is 0 Å². The van der Waals surface area contributed by atoms with E-state index in [1.54, 1.807) is 4.90 Å². The maximum absolute atomic E-state index is 10.3. The first-order chi connectivity index (χ1) is 12.0. The van der Waals surface area contributed by atoms with E-state index in [4.69, 9.17) is 10.5 Å². The molecule has 0 amide bonds. The van der Waals surface area contributed by atoms with Crippen LogP contribution in [0.5, 0.6) is 0 Å². The molecule has 5 atom stereocenters. The first kappa shape index (κ1) is 17.0. The molecule has 0 aromatic heterocycles. The Kier molecular flexibility index (Phi) is 4.34. The first-order valence-electron chi connectivity index (χ1n) is 8.66. The molecular weight excluding hydrogens is 328 g/mol. The largest absolute Gasteiger partial charge is 0.394 e. The second kappa shape index (κ2) is 6.38. The quantitative estimate of drug-likeness (QED) is 0.358. The fourth-order valence-electron chi connectivity index (χ4n) is 3.91. The topological polar surface area (TPSA) is 148 Å². The van der Waals surface area contributed by atoms with Crippen LogP contribution in [0.1, 0.15) is 25.7 Å². The van der Waals surface area contributed by atoms with Crippen LogP contribution in [0.25, 0.3) is 0 Å². The van der Waals surface area contributed by atoms with Gasteiger partial charge in [-0.15, -0.1) is 0 Å². The molecule has 0 spiro atoms. The summed E-state index contributed by atoms with van der Waals surface area (Å²) < 4.78 is 5.59. The third kappa shape index (κ3) is 2.78. The molecule has 2 fully saturated rings. The lowest BCUT2D eigenvalue weighted by Crippen LogP contribution is -2.65. The minimum Gasteiger partial charge on any atom is -0.394 e. The average molecular weight is 352 g/mol. The number of aliphatic imine (C=N–C) groups is 3. The molecule has 0 aromatic carbocycles. The van der Waals surface area contributed by atoms with Crippen molar-refractivity contribution in [3.63, 3.8) is 0 Å². The van der Waals surface area contributed by atoms with Gasteiger partial charge < -0.3 is 25.0 Å². The highest BCUT2D eigenvalue weighted by Gasteiger charge is 2.51. The smallest absolute Gasteiger partial charge is 0.211 e. The molecule has 1 saturated heterocycles. The number of nitrogens with one attached hydrogen (secondary N) is 1. The van der Waals surface area contributed by atoms with E-state index < -0.39 is 30.3 Å². The molecule has 0 radical (unpaired) electrons. The van der Waals surface area contributed by atoms with Crippen molar-refractivity contribution in [3.8, 4) is 0 Å². The van der Waals surface area contributed by atoms with E-state index in [1.807, 2.05) is 0 Å². The van der Waals surface area contributed by atoms with Gasteiger partial charge in [-0.25, -0.2) is 9.98 Å². The monoisotopic (exact) mass is 352 g/mol. The highest BCUT2D eigenvalue weighted by Crippen LogP contribution is 2.29. The molecule has 4 rings (SSSR count). The van der Waals surface area contributed by atoms with Crippen LogP contribution in [0.15, 0.2) is 15.0 Å². The van der Waals surface area contributed by atoms with E-state index in [0.29, 0.717) is 11.5 Å². The SMILES string of the molecule is NC1(NC2CCCC2)N=CN=C2C1=NCN2[C@@H]1O[C@H](CO)[C@@H](O)[C@H]1O. The number of hydrogen-bond donors (Lipinski definition) is 5. The summed E-state index contributed by atoms with van der Waals surface area (Å²) >= 11 is 0. The highest BCUT2D eigenvalue weighted by molar-refractivity contribution is 6.47. The van der Waals surface area contributed by atoms with Gasteiger partial charge in [-0.2, -0.15) is 0 Å². The van der Waals surface area contributed by atoms with E-state index in [2.05, 4.69) is 20.3 Å². The summed E-state index contributed by atoms with van der Waals surface area (Å²) in [5.41, 5.74) is 6.96. The van der Waals surface area contributed by atoms with Gasteiger partial charge in [0.2, 0.25) is 5.79 Å². The zero-order valence-corrected chi connectivity index (χ0v) is 13.8. The molecular formula is C15H24N6O4. The van der Waals surface area contributed by atoms with Crippen molar-refractivity contribution >= 4 is 17.9 Å². The number of ether oxygens (including phenoxy) is 1. The number of amidine groups is 1. The Balaban J connectivity index is 1.53. The molecule has 1 saturated carbocycles. The van der Waals surface area contributed by atoms with E-state index >= 15 is 0 Å². The predicted molar refractivity (Wildman–Crippen MR) is 90.1 cm³/mol. The van der Waals surface area contributed by atoms with Gasteiger partial charge in [-0.1, -0.05) is 12.8 Å². The average Bonchev–Trinajstić information content (AvgIpc) is 3.30. The van der Waals surface area contributed by atoms with Crippen molar-refractivity contribution in [3.05, 3.63) is 0 Å². The minimum absolute atomic E-state index is 0.190. The van der Waals surface area contributed by atoms with E-state index in [-0.39, 0.29) is 19.3 Å². The summed E-state index contributed by atoms with van der Waals surface area (Å²) in [7, 11) is 0. The Morgan fingerprint density at radius 2 is 2.08 bits per heavy atom. The van der Waals surface area contributed by atoms with Crippen molar-refractivity contribution in [2.75, 3.05) is 13.3 Å². The fourth-order valence-corrected chi connectivity index (χ4v) is 3.91. The summed E-state index contributed by atoms with van der Waals surface area (Å²) in [5.74, 6) is -0.683. The summed E-state index contributed by atoms with van der Waals surface area (Å²) in [6, 6.07) is 0.284. The molecule has 3 aliphatic heterocycles. The van der Waals surface area contributed by atoms with E-state index in [1.165, 1.54) is 19.2 Å². The summed E-state index contributed by atoms with van der Waals surface area (Å²) in [6.07, 6.45) is 1.77. The lowest BCUT2D eigenvalue weighted by atomic mass is 10.1. The van der Waals surface area contributed by atoms with Gasteiger partial charge in [0.25, 0.3) is 0 Å². The zero-order valence-electron chi connectivity index (χ0n) is 13.8. The molecule has 1 aliphatic carbocycles. The Labute approximate surface area is 145 Å². The number of nitrogens with zero attached hydrogens (tertiary/aromatic N) is 4. The van der Waals surface area contributed by atoms with Crippen LogP contribution in [-0.2, 0) is 4.74 Å². The number of aliphatic hydroxyl groups excluding tert-OH is 3. The van der Waals surface area contributed by atoms with Crippen LogP contribution in [-0.4, -0.2) is 87.7 Å². The predicted octanol–water partition coefficient (Wildman–Crippen LogP) is -2.28. The lowest BCUT2D eigenvalue weighted by Gasteiger charge is -2.34. The molecule has 3 heterocycles. The Hall–Kier alpha value is -1.43.